The first-order valence-corrected chi connectivity index (χ1v) is 5.59. The summed E-state index contributed by atoms with van der Waals surface area (Å²) in [5.41, 5.74) is -0.270. The van der Waals surface area contributed by atoms with Gasteiger partial charge in [-0.2, -0.15) is 0 Å². The Kier molecular flexibility index (Phi) is 4.98. The number of alkyl halides is 1. The van der Waals surface area contributed by atoms with E-state index in [0.717, 1.165) is 19.3 Å². The zero-order chi connectivity index (χ0) is 12.0. The lowest BCUT2D eigenvalue weighted by molar-refractivity contribution is -0.385. The van der Waals surface area contributed by atoms with E-state index in [2.05, 4.69) is 0 Å². The molecule has 0 aromatic carbocycles. The van der Waals surface area contributed by atoms with Crippen molar-refractivity contribution in [2.24, 2.45) is 0 Å². The lowest BCUT2D eigenvalue weighted by Gasteiger charge is -2.04. The summed E-state index contributed by atoms with van der Waals surface area (Å²) in [5.74, 6) is 0.601. The molecule has 0 aliphatic rings. The highest BCUT2D eigenvalue weighted by atomic mass is 35.5. The van der Waals surface area contributed by atoms with Crippen LogP contribution >= 0.6 is 11.6 Å². The Morgan fingerprint density at radius 3 is 2.69 bits per heavy atom. The average Bonchev–Trinajstić information content (AvgIpc) is 2.26. The Bertz CT molecular complexity index is 417. The number of nitro groups is 1. The third-order valence-corrected chi connectivity index (χ3v) is 2.48. The molecule has 0 unspecified atom stereocenters. The van der Waals surface area contributed by atoms with Gasteiger partial charge in [0.05, 0.1) is 11.1 Å². The smallest absolute Gasteiger partial charge is 0.285 e. The molecule has 0 radical (unpaired) electrons. The third kappa shape index (κ3) is 3.66. The van der Waals surface area contributed by atoms with Crippen LogP contribution in [0.2, 0.25) is 0 Å². The molecule has 5 nitrogen and oxygen atoms in total. The molecule has 0 atom stereocenters. The minimum atomic E-state index is -0.505. The second kappa shape index (κ2) is 6.27. The van der Waals surface area contributed by atoms with Crippen molar-refractivity contribution in [1.82, 2.24) is 4.57 Å². The van der Waals surface area contributed by atoms with E-state index in [4.69, 9.17) is 11.6 Å². The highest BCUT2D eigenvalue weighted by molar-refractivity contribution is 6.17. The molecule has 0 aliphatic heterocycles. The maximum absolute atomic E-state index is 11.4. The highest BCUT2D eigenvalue weighted by Gasteiger charge is 2.06. The van der Waals surface area contributed by atoms with Gasteiger partial charge < -0.3 is 4.57 Å². The van der Waals surface area contributed by atoms with E-state index in [0.29, 0.717) is 12.4 Å². The van der Waals surface area contributed by atoms with Crippen molar-refractivity contribution in [2.45, 2.75) is 25.8 Å². The number of aromatic nitrogens is 1. The lowest BCUT2D eigenvalue weighted by Crippen LogP contribution is -2.18. The number of pyridine rings is 1. The standard InChI is InChI=1S/C10H13ClN2O3/c11-6-2-1-3-7-12-8-9(13(15)16)4-5-10(12)14/h4-5,8H,1-3,6-7H2. The first kappa shape index (κ1) is 12.7. The Morgan fingerprint density at radius 1 is 1.31 bits per heavy atom. The van der Waals surface area contributed by atoms with Gasteiger partial charge in [-0.05, 0) is 12.8 Å². The van der Waals surface area contributed by atoms with Gasteiger partial charge in [-0.25, -0.2) is 0 Å². The van der Waals surface area contributed by atoms with Crippen molar-refractivity contribution in [1.29, 1.82) is 0 Å². The van der Waals surface area contributed by atoms with E-state index in [1.54, 1.807) is 0 Å². The molecule has 1 aromatic rings. The number of hydrogen-bond acceptors (Lipinski definition) is 3. The molecule has 0 spiro atoms. The normalized spacial score (nSPS) is 10.3. The van der Waals surface area contributed by atoms with Crippen molar-refractivity contribution in [2.75, 3.05) is 5.88 Å². The Balaban J connectivity index is 2.67. The molecule has 88 valence electrons. The lowest BCUT2D eigenvalue weighted by atomic mass is 10.2. The Hall–Kier alpha value is -1.36. The maximum atomic E-state index is 11.4. The summed E-state index contributed by atoms with van der Waals surface area (Å²) in [6, 6.07) is 2.44. The monoisotopic (exact) mass is 244 g/mol. The largest absolute Gasteiger partial charge is 0.309 e. The Labute approximate surface area is 97.8 Å². The number of nitrogens with zero attached hydrogens (tertiary/aromatic N) is 2. The van der Waals surface area contributed by atoms with E-state index in [9.17, 15) is 14.9 Å². The van der Waals surface area contributed by atoms with Gasteiger partial charge in [0.25, 0.3) is 11.2 Å². The molecule has 1 aromatic heterocycles. The highest BCUT2D eigenvalue weighted by Crippen LogP contribution is 2.07. The van der Waals surface area contributed by atoms with Crippen molar-refractivity contribution in [3.8, 4) is 0 Å². The van der Waals surface area contributed by atoms with Gasteiger partial charge in [0, 0.05) is 24.6 Å². The molecule has 0 saturated heterocycles. The third-order valence-electron chi connectivity index (χ3n) is 2.21. The van der Waals surface area contributed by atoms with E-state index in [1.165, 1.54) is 22.9 Å². The molecule has 16 heavy (non-hydrogen) atoms. The maximum Gasteiger partial charge on any atom is 0.285 e. The van der Waals surface area contributed by atoms with Crippen LogP contribution in [0.25, 0.3) is 0 Å². The van der Waals surface area contributed by atoms with Crippen LogP contribution in [0, 0.1) is 10.1 Å². The first-order valence-electron chi connectivity index (χ1n) is 5.06. The summed E-state index contributed by atoms with van der Waals surface area (Å²) < 4.78 is 1.37. The second-order valence-corrected chi connectivity index (χ2v) is 3.80. The van der Waals surface area contributed by atoms with Gasteiger partial charge in [-0.15, -0.1) is 11.6 Å². The molecule has 0 bridgehead atoms. The second-order valence-electron chi connectivity index (χ2n) is 3.43. The van der Waals surface area contributed by atoms with Gasteiger partial charge in [0.2, 0.25) is 0 Å². The molecular formula is C10H13ClN2O3. The van der Waals surface area contributed by atoms with Crippen LogP contribution < -0.4 is 5.56 Å². The molecule has 0 fully saturated rings. The van der Waals surface area contributed by atoms with Gasteiger partial charge >= 0.3 is 0 Å². The number of rotatable bonds is 6. The fourth-order valence-corrected chi connectivity index (χ4v) is 1.54. The summed E-state index contributed by atoms with van der Waals surface area (Å²) >= 11 is 5.52. The fourth-order valence-electron chi connectivity index (χ4n) is 1.35. The van der Waals surface area contributed by atoms with Crippen LogP contribution in [0.4, 0.5) is 5.69 Å². The molecule has 0 amide bonds. The van der Waals surface area contributed by atoms with Gasteiger partial charge in [-0.3, -0.25) is 14.9 Å². The molecule has 0 saturated carbocycles. The van der Waals surface area contributed by atoms with Crippen molar-refractivity contribution in [3.05, 3.63) is 38.8 Å². The SMILES string of the molecule is O=c1ccc([N+](=O)[O-])cn1CCCCCCl. The van der Waals surface area contributed by atoms with Crippen LogP contribution in [0.15, 0.2) is 23.1 Å². The van der Waals surface area contributed by atoms with Crippen LogP contribution in [-0.2, 0) is 6.54 Å². The fraction of sp³-hybridized carbons (Fsp3) is 0.500. The number of hydrogen-bond donors (Lipinski definition) is 0. The van der Waals surface area contributed by atoms with Crippen LogP contribution in [-0.4, -0.2) is 15.4 Å². The molecule has 0 aliphatic carbocycles. The van der Waals surface area contributed by atoms with Crippen molar-refractivity contribution >= 4 is 17.3 Å². The minimum absolute atomic E-state index is 0.0584. The summed E-state index contributed by atoms with van der Waals surface area (Å²) in [6.45, 7) is 0.497. The Morgan fingerprint density at radius 2 is 2.06 bits per heavy atom. The number of unbranched alkanes of at least 4 members (excludes halogenated alkanes) is 2. The summed E-state index contributed by atoms with van der Waals surface area (Å²) in [6.07, 6.45) is 3.89. The predicted molar refractivity (Wildman–Crippen MR) is 61.9 cm³/mol. The summed E-state index contributed by atoms with van der Waals surface area (Å²) in [4.78, 5) is 21.4. The van der Waals surface area contributed by atoms with E-state index in [1.807, 2.05) is 0 Å². The van der Waals surface area contributed by atoms with Crippen molar-refractivity contribution < 1.29 is 4.92 Å². The molecule has 1 heterocycles. The number of halogens is 1. The minimum Gasteiger partial charge on any atom is -0.309 e. The first-order chi connectivity index (χ1) is 7.65. The van der Waals surface area contributed by atoms with E-state index < -0.39 is 4.92 Å². The van der Waals surface area contributed by atoms with Crippen molar-refractivity contribution in [3.63, 3.8) is 0 Å². The van der Waals surface area contributed by atoms with E-state index >= 15 is 0 Å². The summed E-state index contributed by atoms with van der Waals surface area (Å²) in [7, 11) is 0. The van der Waals surface area contributed by atoms with Crippen LogP contribution in [0.3, 0.4) is 0 Å². The molecule has 0 N–H and O–H groups in total. The van der Waals surface area contributed by atoms with Crippen LogP contribution in [0.5, 0.6) is 0 Å². The predicted octanol–water partition coefficient (Wildman–Crippen LogP) is 2.17. The zero-order valence-corrected chi connectivity index (χ0v) is 9.52. The van der Waals surface area contributed by atoms with Gasteiger partial charge in [-0.1, -0.05) is 6.42 Å². The molecular weight excluding hydrogens is 232 g/mol. The topological polar surface area (TPSA) is 65.1 Å². The van der Waals surface area contributed by atoms with E-state index in [-0.39, 0.29) is 11.2 Å². The number of aryl methyl sites for hydroxylation is 1. The van der Waals surface area contributed by atoms with Gasteiger partial charge in [0.1, 0.15) is 0 Å². The molecule has 6 heteroatoms. The molecule has 1 rings (SSSR count). The quantitative estimate of drug-likeness (QED) is 0.333. The summed E-state index contributed by atoms with van der Waals surface area (Å²) in [5, 5.41) is 10.5. The average molecular weight is 245 g/mol. The van der Waals surface area contributed by atoms with Gasteiger partial charge in [0.15, 0.2) is 0 Å². The zero-order valence-electron chi connectivity index (χ0n) is 8.76. The van der Waals surface area contributed by atoms with Crippen LogP contribution in [0.1, 0.15) is 19.3 Å².